The van der Waals surface area contributed by atoms with Crippen LogP contribution in [0.3, 0.4) is 0 Å². The number of nitrogens with zero attached hydrogens (tertiary/aromatic N) is 2. The molecule has 6 nitrogen and oxygen atoms in total. The number of sulfonamides is 1. The first-order valence-corrected chi connectivity index (χ1v) is 7.48. The van der Waals surface area contributed by atoms with Crippen molar-refractivity contribution in [2.24, 2.45) is 4.40 Å². The first kappa shape index (κ1) is 14.3. The molecule has 0 aromatic heterocycles. The van der Waals surface area contributed by atoms with E-state index in [1.165, 1.54) is 18.5 Å². The molecule has 0 saturated carbocycles. The zero-order valence-electron chi connectivity index (χ0n) is 10.9. The Bertz CT molecular complexity index is 665. The molecule has 0 aliphatic carbocycles. The number of hydrogen-bond donors (Lipinski definition) is 0. The molecule has 0 amide bonds. The summed E-state index contributed by atoms with van der Waals surface area (Å²) in [6.45, 7) is 2.37. The van der Waals surface area contributed by atoms with E-state index in [1.54, 1.807) is 36.1 Å². The molecule has 0 fully saturated rings. The Kier molecular flexibility index (Phi) is 4.19. The van der Waals surface area contributed by atoms with Crippen LogP contribution in [0.25, 0.3) is 0 Å². The van der Waals surface area contributed by atoms with E-state index >= 15 is 0 Å². The van der Waals surface area contributed by atoms with Gasteiger partial charge in [-0.3, -0.25) is 0 Å². The fourth-order valence-electron chi connectivity index (χ4n) is 1.75. The molecule has 7 heteroatoms. The summed E-state index contributed by atoms with van der Waals surface area (Å²) in [4.78, 5) is 13.0. The summed E-state index contributed by atoms with van der Waals surface area (Å²) >= 11 is 0. The summed E-state index contributed by atoms with van der Waals surface area (Å²) in [5.74, 6) is -0.428. The van der Waals surface area contributed by atoms with E-state index in [-0.39, 0.29) is 4.90 Å². The molecule has 0 bridgehead atoms. The first-order valence-electron chi connectivity index (χ1n) is 6.04. The second kappa shape index (κ2) is 5.87. The van der Waals surface area contributed by atoms with Crippen molar-refractivity contribution in [3.05, 3.63) is 36.4 Å². The number of hydrogen-bond acceptors (Lipinski definition) is 5. The van der Waals surface area contributed by atoms with Crippen LogP contribution in [-0.4, -0.2) is 33.9 Å². The van der Waals surface area contributed by atoms with E-state index < -0.39 is 16.0 Å². The van der Waals surface area contributed by atoms with Gasteiger partial charge in [-0.25, -0.2) is 4.79 Å². The highest BCUT2D eigenvalue weighted by molar-refractivity contribution is 7.90. The monoisotopic (exact) mass is 294 g/mol. The number of carbonyl (C=O) groups excluding carboxylic acids is 1. The minimum absolute atomic E-state index is 0.159. The average Bonchev–Trinajstić information content (AvgIpc) is 2.42. The lowest BCUT2D eigenvalue weighted by molar-refractivity contribution is -0.137. The number of anilines is 1. The summed E-state index contributed by atoms with van der Waals surface area (Å²) < 4.78 is 31.8. The van der Waals surface area contributed by atoms with E-state index in [0.29, 0.717) is 18.8 Å². The van der Waals surface area contributed by atoms with Gasteiger partial charge in [0.05, 0.1) is 12.3 Å². The van der Waals surface area contributed by atoms with Crippen molar-refractivity contribution in [2.45, 2.75) is 11.8 Å². The van der Waals surface area contributed by atoms with Gasteiger partial charge in [-0.15, -0.1) is 4.40 Å². The first-order chi connectivity index (χ1) is 9.54. The number of esters is 1. The molecule has 1 aromatic rings. The predicted octanol–water partition coefficient (Wildman–Crippen LogP) is 1.34. The van der Waals surface area contributed by atoms with Crippen LogP contribution in [0.2, 0.25) is 0 Å². The Balaban J connectivity index is 2.17. The molecular weight excluding hydrogens is 280 g/mol. The van der Waals surface area contributed by atoms with Crippen molar-refractivity contribution in [3.8, 4) is 0 Å². The smallest absolute Gasteiger partial charge is 0.330 e. The lowest BCUT2D eigenvalue weighted by atomic mass is 10.3. The Labute approximate surface area is 117 Å². The zero-order chi connectivity index (χ0) is 14.6. The van der Waals surface area contributed by atoms with E-state index in [1.807, 2.05) is 0 Å². The molecule has 1 aromatic carbocycles. The summed E-state index contributed by atoms with van der Waals surface area (Å²) in [6.07, 6.45) is 4.15. The normalized spacial score (nSPS) is 16.1. The Morgan fingerprint density at radius 3 is 2.90 bits per heavy atom. The van der Waals surface area contributed by atoms with Crippen LogP contribution < -0.4 is 4.90 Å². The van der Waals surface area contributed by atoms with Crippen molar-refractivity contribution in [1.29, 1.82) is 0 Å². The molecule has 0 atom stereocenters. The van der Waals surface area contributed by atoms with Crippen LogP contribution in [-0.2, 0) is 19.6 Å². The maximum absolute atomic E-state index is 11.8. The van der Waals surface area contributed by atoms with Crippen LogP contribution in [0.1, 0.15) is 6.92 Å². The van der Waals surface area contributed by atoms with Gasteiger partial charge in [-0.1, -0.05) is 18.2 Å². The molecular formula is C13H14N2O4S. The molecule has 0 unspecified atom stereocenters. The maximum Gasteiger partial charge on any atom is 0.330 e. The molecule has 106 valence electrons. The molecule has 0 spiro atoms. The largest absolute Gasteiger partial charge is 0.463 e. The molecule has 2 rings (SSSR count). The van der Waals surface area contributed by atoms with Crippen LogP contribution in [0.4, 0.5) is 5.69 Å². The third-order valence-corrected chi connectivity index (χ3v) is 3.89. The third kappa shape index (κ3) is 3.05. The molecule has 20 heavy (non-hydrogen) atoms. The van der Waals surface area contributed by atoms with Crippen molar-refractivity contribution >= 4 is 28.0 Å². The molecule has 0 saturated heterocycles. The summed E-state index contributed by atoms with van der Waals surface area (Å²) in [5, 5.41) is 0. The topological polar surface area (TPSA) is 76.0 Å². The van der Waals surface area contributed by atoms with Gasteiger partial charge in [-0.2, -0.15) is 8.42 Å². The lowest BCUT2D eigenvalue weighted by Gasteiger charge is -2.23. The molecule has 0 radical (unpaired) electrons. The van der Waals surface area contributed by atoms with Gasteiger partial charge in [0.15, 0.2) is 0 Å². The molecule has 1 aliphatic heterocycles. The van der Waals surface area contributed by atoms with E-state index in [0.717, 1.165) is 0 Å². The van der Waals surface area contributed by atoms with E-state index in [4.69, 9.17) is 4.74 Å². The van der Waals surface area contributed by atoms with Crippen molar-refractivity contribution < 1.29 is 17.9 Å². The van der Waals surface area contributed by atoms with Gasteiger partial charge >= 0.3 is 5.97 Å². The highest BCUT2D eigenvalue weighted by Crippen LogP contribution is 2.28. The van der Waals surface area contributed by atoms with E-state index in [2.05, 4.69) is 4.40 Å². The standard InChI is InChI=1S/C13H14N2O4S/c1-2-19-13(16)8-5-9-15-10-14-20(17,18)12-7-4-3-6-11(12)15/h3-8,10H,2,9H2,1H3/b8-5+. The summed E-state index contributed by atoms with van der Waals surface area (Å²) in [7, 11) is -3.61. The minimum Gasteiger partial charge on any atom is -0.463 e. The quantitative estimate of drug-likeness (QED) is 0.619. The Morgan fingerprint density at radius 1 is 1.40 bits per heavy atom. The number of benzene rings is 1. The summed E-state index contributed by atoms with van der Waals surface area (Å²) in [6, 6.07) is 6.58. The minimum atomic E-state index is -3.61. The van der Waals surface area contributed by atoms with Crippen molar-refractivity contribution in [3.63, 3.8) is 0 Å². The van der Waals surface area contributed by atoms with Crippen molar-refractivity contribution in [1.82, 2.24) is 0 Å². The fourth-order valence-corrected chi connectivity index (χ4v) is 2.80. The van der Waals surface area contributed by atoms with Crippen LogP contribution in [0.5, 0.6) is 0 Å². The van der Waals surface area contributed by atoms with Gasteiger partial charge in [0.1, 0.15) is 11.2 Å². The summed E-state index contributed by atoms with van der Waals surface area (Å²) in [5.41, 5.74) is 0.538. The highest BCUT2D eigenvalue weighted by Gasteiger charge is 2.23. The molecule has 1 heterocycles. The number of fused-ring (bicyclic) bond motifs is 1. The fraction of sp³-hybridized carbons (Fsp3) is 0.231. The average molecular weight is 294 g/mol. The van der Waals surface area contributed by atoms with Gasteiger partial charge < -0.3 is 9.64 Å². The van der Waals surface area contributed by atoms with Crippen LogP contribution >= 0.6 is 0 Å². The van der Waals surface area contributed by atoms with Gasteiger partial charge in [0, 0.05) is 12.6 Å². The number of rotatable bonds is 4. The predicted molar refractivity (Wildman–Crippen MR) is 75.2 cm³/mol. The second-order valence-corrected chi connectivity index (χ2v) is 5.57. The highest BCUT2D eigenvalue weighted by atomic mass is 32.2. The SMILES string of the molecule is CCOC(=O)/C=C/CN1C=NS(=O)(=O)c2ccccc21. The van der Waals surface area contributed by atoms with Gasteiger partial charge in [0.2, 0.25) is 0 Å². The number of para-hydroxylation sites is 1. The zero-order valence-corrected chi connectivity index (χ0v) is 11.7. The lowest BCUT2D eigenvalue weighted by Crippen LogP contribution is -2.27. The third-order valence-electron chi connectivity index (χ3n) is 2.62. The number of carbonyl (C=O) groups is 1. The Morgan fingerprint density at radius 2 is 2.15 bits per heavy atom. The van der Waals surface area contributed by atoms with Gasteiger partial charge in [0.25, 0.3) is 10.0 Å². The van der Waals surface area contributed by atoms with Gasteiger partial charge in [-0.05, 0) is 19.1 Å². The van der Waals surface area contributed by atoms with Crippen molar-refractivity contribution in [2.75, 3.05) is 18.1 Å². The maximum atomic E-state index is 11.8. The molecule has 1 aliphatic rings. The number of ether oxygens (including phenoxy) is 1. The van der Waals surface area contributed by atoms with E-state index in [9.17, 15) is 13.2 Å². The molecule has 0 N–H and O–H groups in total. The Hall–Kier alpha value is -2.15. The van der Waals surface area contributed by atoms with Crippen LogP contribution in [0, 0.1) is 0 Å². The van der Waals surface area contributed by atoms with Crippen LogP contribution in [0.15, 0.2) is 45.7 Å². The second-order valence-electron chi connectivity index (χ2n) is 3.97.